The molecular formula is C6H6ClF3N2OS. The van der Waals surface area contributed by atoms with Crippen LogP contribution >= 0.6 is 22.9 Å². The van der Waals surface area contributed by atoms with E-state index in [1.54, 1.807) is 0 Å². The Morgan fingerprint density at radius 3 is 2.57 bits per heavy atom. The number of hydrogen-bond donors (Lipinski definition) is 0. The fraction of sp³-hybridized carbons (Fsp3) is 0.667. The van der Waals surface area contributed by atoms with Crippen LogP contribution in [0.5, 0.6) is 0 Å². The lowest BCUT2D eigenvalue weighted by Crippen LogP contribution is -2.28. The number of halogens is 4. The highest BCUT2D eigenvalue weighted by Crippen LogP contribution is 2.24. The van der Waals surface area contributed by atoms with E-state index in [4.69, 9.17) is 11.6 Å². The smallest absolute Gasteiger partial charge is 0.362 e. The third-order valence-corrected chi connectivity index (χ3v) is 2.35. The van der Waals surface area contributed by atoms with Crippen molar-refractivity contribution < 1.29 is 17.9 Å². The quantitative estimate of drug-likeness (QED) is 0.822. The van der Waals surface area contributed by atoms with Gasteiger partial charge in [-0.05, 0) is 18.5 Å². The van der Waals surface area contributed by atoms with E-state index >= 15 is 0 Å². The van der Waals surface area contributed by atoms with Crippen molar-refractivity contribution in [2.24, 2.45) is 0 Å². The van der Waals surface area contributed by atoms with Crippen LogP contribution in [0.15, 0.2) is 0 Å². The Kier molecular flexibility index (Phi) is 3.68. The summed E-state index contributed by atoms with van der Waals surface area (Å²) in [4.78, 5) is 0. The Morgan fingerprint density at radius 1 is 1.50 bits per heavy atom. The van der Waals surface area contributed by atoms with E-state index in [2.05, 4.69) is 14.9 Å². The summed E-state index contributed by atoms with van der Waals surface area (Å²) in [5, 5.41) is 7.27. The molecule has 0 bridgehead atoms. The van der Waals surface area contributed by atoms with Gasteiger partial charge < -0.3 is 4.74 Å². The van der Waals surface area contributed by atoms with Crippen LogP contribution in [0.2, 0.25) is 4.47 Å². The second kappa shape index (κ2) is 4.41. The van der Waals surface area contributed by atoms with Gasteiger partial charge in [-0.3, -0.25) is 0 Å². The number of ether oxygens (including phenoxy) is 1. The summed E-state index contributed by atoms with van der Waals surface area (Å²) in [6.07, 6.45) is -6.17. The third-order valence-electron chi connectivity index (χ3n) is 1.36. The minimum Gasteiger partial charge on any atom is -0.362 e. The predicted molar refractivity (Wildman–Crippen MR) is 45.2 cm³/mol. The van der Waals surface area contributed by atoms with E-state index in [1.807, 2.05) is 0 Å². The first-order chi connectivity index (χ1) is 6.39. The average molecular weight is 247 g/mol. The van der Waals surface area contributed by atoms with Crippen molar-refractivity contribution in [1.82, 2.24) is 10.2 Å². The van der Waals surface area contributed by atoms with Gasteiger partial charge in [0.15, 0.2) is 6.10 Å². The first-order valence-corrected chi connectivity index (χ1v) is 4.75. The van der Waals surface area contributed by atoms with Gasteiger partial charge in [-0.2, -0.15) is 13.2 Å². The van der Waals surface area contributed by atoms with Gasteiger partial charge in [0.05, 0.1) is 0 Å². The van der Waals surface area contributed by atoms with Gasteiger partial charge >= 0.3 is 6.18 Å². The maximum absolute atomic E-state index is 12.0. The van der Waals surface area contributed by atoms with Crippen molar-refractivity contribution >= 4 is 22.9 Å². The van der Waals surface area contributed by atoms with Crippen molar-refractivity contribution in [3.05, 3.63) is 9.47 Å². The molecule has 0 aliphatic heterocycles. The van der Waals surface area contributed by atoms with E-state index in [9.17, 15) is 13.2 Å². The maximum atomic E-state index is 12.0. The van der Waals surface area contributed by atoms with Crippen LogP contribution in [0.3, 0.4) is 0 Å². The molecule has 8 heteroatoms. The van der Waals surface area contributed by atoms with Crippen LogP contribution in [0, 0.1) is 0 Å². The lowest BCUT2D eigenvalue weighted by atomic mass is 10.4. The summed E-state index contributed by atoms with van der Waals surface area (Å²) in [6, 6.07) is 0. The zero-order valence-corrected chi connectivity index (χ0v) is 8.58. The van der Waals surface area contributed by atoms with Crippen LogP contribution in [0.1, 0.15) is 11.9 Å². The van der Waals surface area contributed by atoms with Gasteiger partial charge in [0.1, 0.15) is 11.6 Å². The molecule has 1 aromatic heterocycles. The molecule has 0 spiro atoms. The van der Waals surface area contributed by atoms with E-state index in [1.165, 1.54) is 0 Å². The van der Waals surface area contributed by atoms with Gasteiger partial charge in [-0.25, -0.2) is 0 Å². The summed E-state index contributed by atoms with van der Waals surface area (Å²) in [5.41, 5.74) is 0. The van der Waals surface area contributed by atoms with Crippen molar-refractivity contribution in [2.75, 3.05) is 0 Å². The SMILES string of the molecule is CC(OCc1nnc(Cl)s1)C(F)(F)F. The van der Waals surface area contributed by atoms with E-state index in [0.717, 1.165) is 18.3 Å². The minimum absolute atomic E-state index is 0.184. The predicted octanol–water partition coefficient (Wildman–Crippen LogP) is 2.66. The molecule has 14 heavy (non-hydrogen) atoms. The molecule has 1 atom stereocenters. The van der Waals surface area contributed by atoms with Crippen molar-refractivity contribution in [1.29, 1.82) is 0 Å². The maximum Gasteiger partial charge on any atom is 0.414 e. The highest BCUT2D eigenvalue weighted by molar-refractivity contribution is 7.15. The molecule has 0 fully saturated rings. The van der Waals surface area contributed by atoms with Crippen LogP contribution in [0.4, 0.5) is 13.2 Å². The first kappa shape index (κ1) is 11.7. The Bertz CT molecular complexity index is 304. The third kappa shape index (κ3) is 3.39. The second-order valence-corrected chi connectivity index (χ2v) is 4.09. The zero-order chi connectivity index (χ0) is 10.8. The van der Waals surface area contributed by atoms with Crippen LogP contribution in [0.25, 0.3) is 0 Å². The molecule has 3 nitrogen and oxygen atoms in total. The fourth-order valence-electron chi connectivity index (χ4n) is 0.582. The Hall–Kier alpha value is -0.400. The summed E-state index contributed by atoms with van der Waals surface area (Å²) >= 11 is 6.42. The highest BCUT2D eigenvalue weighted by Gasteiger charge is 2.37. The van der Waals surface area contributed by atoms with Gasteiger partial charge in [-0.15, -0.1) is 10.2 Å². The molecule has 0 aromatic carbocycles. The Labute approximate surface area is 86.9 Å². The lowest BCUT2D eigenvalue weighted by molar-refractivity contribution is -0.217. The van der Waals surface area contributed by atoms with E-state index in [0.29, 0.717) is 5.01 Å². The standard InChI is InChI=1S/C6H6ClF3N2OS/c1-3(6(8,9)10)13-2-4-11-12-5(7)14-4/h3H,2H2,1H3. The molecule has 1 unspecified atom stereocenters. The molecular weight excluding hydrogens is 241 g/mol. The Balaban J connectivity index is 2.41. The largest absolute Gasteiger partial charge is 0.414 e. The minimum atomic E-state index is -4.35. The molecule has 0 radical (unpaired) electrons. The van der Waals surface area contributed by atoms with E-state index in [-0.39, 0.29) is 11.1 Å². The van der Waals surface area contributed by atoms with Crippen LogP contribution < -0.4 is 0 Å². The van der Waals surface area contributed by atoms with Crippen molar-refractivity contribution in [2.45, 2.75) is 25.8 Å². The fourth-order valence-corrected chi connectivity index (χ4v) is 1.37. The molecule has 0 N–H and O–H groups in total. The van der Waals surface area contributed by atoms with Crippen LogP contribution in [-0.4, -0.2) is 22.5 Å². The van der Waals surface area contributed by atoms with Gasteiger partial charge in [0, 0.05) is 0 Å². The topological polar surface area (TPSA) is 35.0 Å². The molecule has 1 heterocycles. The van der Waals surface area contributed by atoms with E-state index < -0.39 is 12.3 Å². The number of nitrogens with zero attached hydrogens (tertiary/aromatic N) is 2. The summed E-state index contributed by atoms with van der Waals surface area (Å²) in [6.45, 7) is 0.702. The molecule has 80 valence electrons. The van der Waals surface area contributed by atoms with Gasteiger partial charge in [0.2, 0.25) is 4.47 Å². The van der Waals surface area contributed by atoms with Crippen LogP contribution in [-0.2, 0) is 11.3 Å². The average Bonchev–Trinajstić information content (AvgIpc) is 2.45. The molecule has 0 saturated heterocycles. The summed E-state index contributed by atoms with van der Waals surface area (Å²) in [5.74, 6) is 0. The van der Waals surface area contributed by atoms with Crippen molar-refractivity contribution in [3.8, 4) is 0 Å². The van der Waals surface area contributed by atoms with Gasteiger partial charge in [-0.1, -0.05) is 11.3 Å². The summed E-state index contributed by atoms with van der Waals surface area (Å²) in [7, 11) is 0. The summed E-state index contributed by atoms with van der Waals surface area (Å²) < 4.78 is 40.6. The van der Waals surface area contributed by atoms with Crippen molar-refractivity contribution in [3.63, 3.8) is 0 Å². The molecule has 0 saturated carbocycles. The molecule has 1 aromatic rings. The number of hydrogen-bond acceptors (Lipinski definition) is 4. The molecule has 0 aliphatic rings. The van der Waals surface area contributed by atoms with Gasteiger partial charge in [0.25, 0.3) is 0 Å². The monoisotopic (exact) mass is 246 g/mol. The second-order valence-electron chi connectivity index (χ2n) is 2.44. The Morgan fingerprint density at radius 2 is 2.14 bits per heavy atom. The lowest BCUT2D eigenvalue weighted by Gasteiger charge is -2.14. The number of rotatable bonds is 3. The number of alkyl halides is 3. The first-order valence-electron chi connectivity index (χ1n) is 3.56. The normalized spacial score (nSPS) is 14.4. The molecule has 1 rings (SSSR count). The molecule has 0 amide bonds. The number of aromatic nitrogens is 2. The highest BCUT2D eigenvalue weighted by atomic mass is 35.5. The zero-order valence-electron chi connectivity index (χ0n) is 7.01. The molecule has 0 aliphatic carbocycles.